The van der Waals surface area contributed by atoms with Gasteiger partial charge in [0.2, 0.25) is 0 Å². The highest BCUT2D eigenvalue weighted by molar-refractivity contribution is 5.88. The van der Waals surface area contributed by atoms with Crippen molar-refractivity contribution in [2.75, 3.05) is 18.0 Å². The molecule has 1 unspecified atom stereocenters. The van der Waals surface area contributed by atoms with Crippen LogP contribution in [0.25, 0.3) is 16.7 Å². The number of nitrogens with zero attached hydrogens (tertiary/aromatic N) is 2. The summed E-state index contributed by atoms with van der Waals surface area (Å²) in [5.41, 5.74) is 11.1. The maximum atomic E-state index is 14.2. The Morgan fingerprint density at radius 2 is 1.74 bits per heavy atom. The number of rotatable bonds is 3. The molecule has 0 radical (unpaired) electrons. The number of aromatic nitrogens is 1. The fourth-order valence-corrected chi connectivity index (χ4v) is 4.63. The van der Waals surface area contributed by atoms with Crippen molar-refractivity contribution in [1.29, 1.82) is 0 Å². The highest BCUT2D eigenvalue weighted by Gasteiger charge is 2.40. The Bertz CT molecular complexity index is 955. The quantitative estimate of drug-likeness (QED) is 0.616. The Morgan fingerprint density at radius 1 is 1.03 bits per heavy atom. The second-order valence-corrected chi connectivity index (χ2v) is 8.67. The predicted molar refractivity (Wildman–Crippen MR) is 115 cm³/mol. The lowest BCUT2D eigenvalue weighted by Gasteiger charge is -2.35. The van der Waals surface area contributed by atoms with Gasteiger partial charge in [0.15, 0.2) is 0 Å². The van der Waals surface area contributed by atoms with Crippen LogP contribution < -0.4 is 10.6 Å². The van der Waals surface area contributed by atoms with Gasteiger partial charge in [-0.25, -0.2) is 4.39 Å². The summed E-state index contributed by atoms with van der Waals surface area (Å²) >= 11 is 0. The summed E-state index contributed by atoms with van der Waals surface area (Å²) in [6, 6.07) is 5.02. The van der Waals surface area contributed by atoms with Crippen LogP contribution in [-0.2, 0) is 0 Å². The molecule has 2 aliphatic rings. The number of nitrogens with two attached hydrogens (primary N) is 1. The highest BCUT2D eigenvalue weighted by atomic mass is 19.4. The van der Waals surface area contributed by atoms with Gasteiger partial charge in [-0.3, -0.25) is 4.98 Å². The van der Waals surface area contributed by atoms with Gasteiger partial charge in [0.25, 0.3) is 0 Å². The van der Waals surface area contributed by atoms with Crippen molar-refractivity contribution in [2.45, 2.75) is 51.2 Å². The highest BCUT2D eigenvalue weighted by Crippen LogP contribution is 2.44. The van der Waals surface area contributed by atoms with Crippen molar-refractivity contribution >= 4 is 11.3 Å². The minimum absolute atomic E-state index is 0.0214. The molecule has 0 bridgehead atoms. The van der Waals surface area contributed by atoms with Crippen LogP contribution in [0.3, 0.4) is 0 Å². The van der Waals surface area contributed by atoms with E-state index in [1.54, 1.807) is 18.5 Å². The van der Waals surface area contributed by atoms with Gasteiger partial charge < -0.3 is 10.6 Å². The first-order valence-electron chi connectivity index (χ1n) is 10.7. The zero-order chi connectivity index (χ0) is 22.2. The van der Waals surface area contributed by atoms with Crippen LogP contribution in [0, 0.1) is 18.7 Å². The first-order valence-corrected chi connectivity index (χ1v) is 10.7. The molecule has 1 atom stereocenters. The molecule has 1 aliphatic heterocycles. The van der Waals surface area contributed by atoms with Crippen LogP contribution in [0.1, 0.15) is 43.2 Å². The minimum Gasteiger partial charge on any atom is -0.370 e. The normalized spacial score (nSPS) is 20.6. The Labute approximate surface area is 180 Å². The van der Waals surface area contributed by atoms with Gasteiger partial charge in [0.05, 0.1) is 11.6 Å². The van der Waals surface area contributed by atoms with Crippen molar-refractivity contribution in [2.24, 2.45) is 11.7 Å². The van der Waals surface area contributed by atoms with Gasteiger partial charge in [-0.1, -0.05) is 12.1 Å². The van der Waals surface area contributed by atoms with Crippen LogP contribution in [0.4, 0.5) is 23.2 Å². The molecule has 1 saturated heterocycles. The fourth-order valence-electron chi connectivity index (χ4n) is 4.63. The molecule has 7 heteroatoms. The van der Waals surface area contributed by atoms with E-state index in [1.165, 1.54) is 12.1 Å². The average molecular weight is 433 g/mol. The molecular weight excluding hydrogens is 406 g/mol. The first-order chi connectivity index (χ1) is 14.7. The topological polar surface area (TPSA) is 42.2 Å². The van der Waals surface area contributed by atoms with E-state index in [0.29, 0.717) is 6.42 Å². The molecule has 0 amide bonds. The molecule has 1 aromatic carbocycles. The zero-order valence-electron chi connectivity index (χ0n) is 17.6. The van der Waals surface area contributed by atoms with E-state index in [-0.39, 0.29) is 24.7 Å². The van der Waals surface area contributed by atoms with Crippen LogP contribution in [0.15, 0.2) is 36.7 Å². The largest absolute Gasteiger partial charge is 0.392 e. The third kappa shape index (κ3) is 4.76. The van der Waals surface area contributed by atoms with E-state index in [4.69, 9.17) is 5.73 Å². The van der Waals surface area contributed by atoms with Crippen LogP contribution in [-0.4, -0.2) is 30.3 Å². The van der Waals surface area contributed by atoms with Crippen LogP contribution in [0.2, 0.25) is 0 Å². The molecule has 3 nitrogen and oxygen atoms in total. The molecule has 1 aliphatic carbocycles. The van der Waals surface area contributed by atoms with E-state index < -0.39 is 12.1 Å². The molecular formula is C24H27F4N3. The summed E-state index contributed by atoms with van der Waals surface area (Å²) in [7, 11) is 0. The van der Waals surface area contributed by atoms with Gasteiger partial charge in [0, 0.05) is 42.7 Å². The maximum Gasteiger partial charge on any atom is 0.392 e. The molecule has 2 heterocycles. The SMILES string of the molecule is Cc1cc(F)cc(-c2cncc(C3=CCC(C(F)(F)F)CC3)c2N2CCC(N)CC2)c1. The smallest absolute Gasteiger partial charge is 0.370 e. The van der Waals surface area contributed by atoms with E-state index in [1.807, 2.05) is 13.0 Å². The Balaban J connectivity index is 1.79. The number of hydrogen-bond acceptors (Lipinski definition) is 3. The van der Waals surface area contributed by atoms with Gasteiger partial charge >= 0.3 is 6.18 Å². The molecule has 166 valence electrons. The van der Waals surface area contributed by atoms with Crippen molar-refractivity contribution in [3.8, 4) is 11.1 Å². The number of alkyl halides is 3. The molecule has 1 fully saturated rings. The molecule has 2 N–H and O–H groups in total. The van der Waals surface area contributed by atoms with Gasteiger partial charge in [-0.15, -0.1) is 0 Å². The number of allylic oxidation sites excluding steroid dienone is 2. The maximum absolute atomic E-state index is 14.2. The summed E-state index contributed by atoms with van der Waals surface area (Å²) in [5.74, 6) is -1.62. The second-order valence-electron chi connectivity index (χ2n) is 8.67. The standard InChI is InChI=1S/C24H27F4N3/c1-15-10-17(12-19(25)11-15)22-14-30-13-21(23(22)31-8-6-20(29)7-9-31)16-2-4-18(5-3-16)24(26,27)28/h2,10-14,18,20H,3-9,29H2,1H3. The number of pyridine rings is 1. The van der Waals surface area contributed by atoms with Crippen molar-refractivity contribution < 1.29 is 17.6 Å². The lowest BCUT2D eigenvalue weighted by atomic mass is 9.85. The molecule has 4 rings (SSSR count). The van der Waals surface area contributed by atoms with Crippen molar-refractivity contribution in [1.82, 2.24) is 4.98 Å². The third-order valence-corrected chi connectivity index (χ3v) is 6.35. The summed E-state index contributed by atoms with van der Waals surface area (Å²) < 4.78 is 53.6. The first kappa shape index (κ1) is 21.8. The summed E-state index contributed by atoms with van der Waals surface area (Å²) in [4.78, 5) is 6.63. The lowest BCUT2D eigenvalue weighted by molar-refractivity contribution is -0.175. The number of benzene rings is 1. The van der Waals surface area contributed by atoms with Gasteiger partial charge in [-0.05, 0) is 67.9 Å². The van der Waals surface area contributed by atoms with Crippen LogP contribution >= 0.6 is 0 Å². The van der Waals surface area contributed by atoms with Crippen LogP contribution in [0.5, 0.6) is 0 Å². The Hall–Kier alpha value is -2.41. The number of hydrogen-bond donors (Lipinski definition) is 1. The summed E-state index contributed by atoms with van der Waals surface area (Å²) in [6.45, 7) is 3.33. The number of piperidine rings is 1. The zero-order valence-corrected chi connectivity index (χ0v) is 17.6. The molecule has 1 aromatic heterocycles. The number of halogens is 4. The Kier molecular flexibility index (Phi) is 6.06. The van der Waals surface area contributed by atoms with Gasteiger partial charge in [0.1, 0.15) is 5.82 Å². The molecule has 0 saturated carbocycles. The summed E-state index contributed by atoms with van der Waals surface area (Å²) in [6.07, 6.45) is 3.05. The summed E-state index contributed by atoms with van der Waals surface area (Å²) in [5, 5.41) is 0. The van der Waals surface area contributed by atoms with Crippen molar-refractivity contribution in [3.63, 3.8) is 0 Å². The van der Waals surface area contributed by atoms with E-state index in [2.05, 4.69) is 9.88 Å². The van der Waals surface area contributed by atoms with Crippen molar-refractivity contribution in [3.05, 3.63) is 53.6 Å². The minimum atomic E-state index is -4.17. The third-order valence-electron chi connectivity index (χ3n) is 6.35. The number of aryl methyl sites for hydroxylation is 1. The Morgan fingerprint density at radius 3 is 2.35 bits per heavy atom. The fraction of sp³-hybridized carbons (Fsp3) is 0.458. The van der Waals surface area contributed by atoms with E-state index >= 15 is 0 Å². The molecule has 0 spiro atoms. The lowest BCUT2D eigenvalue weighted by Crippen LogP contribution is -2.40. The molecule has 2 aromatic rings. The van der Waals surface area contributed by atoms with E-state index in [9.17, 15) is 17.6 Å². The monoisotopic (exact) mass is 433 g/mol. The number of anilines is 1. The second kappa shape index (κ2) is 8.61. The predicted octanol–water partition coefficient (Wildman–Crippen LogP) is 5.87. The van der Waals surface area contributed by atoms with Gasteiger partial charge in [-0.2, -0.15) is 13.2 Å². The molecule has 31 heavy (non-hydrogen) atoms. The van der Waals surface area contributed by atoms with E-state index in [0.717, 1.165) is 59.4 Å². The average Bonchev–Trinajstić information content (AvgIpc) is 2.73.